The maximum absolute atomic E-state index is 12.7. The van der Waals surface area contributed by atoms with Gasteiger partial charge in [-0.3, -0.25) is 4.72 Å². The monoisotopic (exact) mass is 443 g/mol. The largest absolute Gasteiger partial charge is 0.465 e. The number of nitrogens with two attached hydrogens (primary N) is 1. The number of anilines is 2. The van der Waals surface area contributed by atoms with Gasteiger partial charge in [-0.05, 0) is 55.5 Å². The van der Waals surface area contributed by atoms with Crippen molar-refractivity contribution in [1.82, 2.24) is 0 Å². The van der Waals surface area contributed by atoms with Gasteiger partial charge < -0.3 is 20.3 Å². The maximum atomic E-state index is 12.7. The highest BCUT2D eigenvalue weighted by molar-refractivity contribution is 7.92. The molecule has 0 atom stereocenters. The first-order valence-corrected chi connectivity index (χ1v) is 10.7. The second-order valence-corrected chi connectivity index (χ2v) is 8.44. The minimum atomic E-state index is -3.91. The minimum Gasteiger partial charge on any atom is -0.465 e. The van der Waals surface area contributed by atoms with Crippen LogP contribution in [0.15, 0.2) is 65.6 Å². The van der Waals surface area contributed by atoms with E-state index in [9.17, 15) is 13.2 Å². The molecule has 0 saturated carbocycles. The number of nitrogens with one attached hydrogen (secondary N) is 1. The fraction of sp³-hybridized carbons (Fsp3) is 0.136. The SMILES string of the molecule is COC(=O)c1cc(Oc2ccc(N)c(C[OH2+])c2)ccc1NS(=O)(=O)c1ccc(C)cc1. The van der Waals surface area contributed by atoms with Crippen molar-refractivity contribution in [2.24, 2.45) is 0 Å². The number of aryl methyl sites for hydroxylation is 1. The van der Waals surface area contributed by atoms with Crippen molar-refractivity contribution in [3.05, 3.63) is 77.4 Å². The molecule has 0 amide bonds. The summed E-state index contributed by atoms with van der Waals surface area (Å²) in [5, 5.41) is 7.51. The average Bonchev–Trinajstić information content (AvgIpc) is 2.75. The summed E-state index contributed by atoms with van der Waals surface area (Å²) in [7, 11) is -2.71. The Labute approximate surface area is 180 Å². The number of carbonyl (C=O) groups is 1. The molecule has 9 heteroatoms. The second kappa shape index (κ2) is 9.07. The van der Waals surface area contributed by atoms with Crippen molar-refractivity contribution in [3.63, 3.8) is 0 Å². The zero-order valence-corrected chi connectivity index (χ0v) is 17.8. The van der Waals surface area contributed by atoms with Crippen LogP contribution in [-0.2, 0) is 21.4 Å². The van der Waals surface area contributed by atoms with Crippen LogP contribution in [0.25, 0.3) is 0 Å². The summed E-state index contributed by atoms with van der Waals surface area (Å²) in [6.45, 7) is 1.85. The van der Waals surface area contributed by atoms with Crippen molar-refractivity contribution in [2.75, 3.05) is 17.6 Å². The molecule has 0 unspecified atom stereocenters. The lowest BCUT2D eigenvalue weighted by molar-refractivity contribution is 0.0601. The van der Waals surface area contributed by atoms with E-state index in [1.165, 1.54) is 37.4 Å². The molecule has 0 aromatic heterocycles. The summed E-state index contributed by atoms with van der Waals surface area (Å²) in [6.07, 6.45) is 0. The number of sulfonamides is 1. The normalized spacial score (nSPS) is 11.1. The van der Waals surface area contributed by atoms with Crippen molar-refractivity contribution < 1.29 is 27.8 Å². The molecule has 3 aromatic carbocycles. The summed E-state index contributed by atoms with van der Waals surface area (Å²) in [6, 6.07) is 15.6. The highest BCUT2D eigenvalue weighted by Crippen LogP contribution is 2.30. The first-order valence-electron chi connectivity index (χ1n) is 9.26. The minimum absolute atomic E-state index is 0.00380. The lowest BCUT2D eigenvalue weighted by atomic mass is 10.1. The van der Waals surface area contributed by atoms with Crippen LogP contribution in [0.3, 0.4) is 0 Å². The first-order chi connectivity index (χ1) is 14.7. The van der Waals surface area contributed by atoms with E-state index in [-0.39, 0.29) is 22.8 Å². The van der Waals surface area contributed by atoms with Crippen molar-refractivity contribution in [3.8, 4) is 11.5 Å². The third kappa shape index (κ3) is 5.14. The molecule has 0 heterocycles. The van der Waals surface area contributed by atoms with Gasteiger partial charge in [0.25, 0.3) is 10.0 Å². The number of hydrogen-bond donors (Lipinski definition) is 2. The third-order valence-corrected chi connectivity index (χ3v) is 5.89. The fourth-order valence-corrected chi connectivity index (χ4v) is 3.89. The van der Waals surface area contributed by atoms with Crippen LogP contribution in [0.2, 0.25) is 0 Å². The molecule has 8 nitrogen and oxygen atoms in total. The van der Waals surface area contributed by atoms with Crippen molar-refractivity contribution in [1.29, 1.82) is 0 Å². The zero-order chi connectivity index (χ0) is 22.6. The first kappa shape index (κ1) is 22.1. The quantitative estimate of drug-likeness (QED) is 0.328. The Balaban J connectivity index is 1.93. The summed E-state index contributed by atoms with van der Waals surface area (Å²) in [4.78, 5) is 12.4. The molecular formula is C22H23N2O6S+. The third-order valence-electron chi connectivity index (χ3n) is 4.51. The molecule has 31 heavy (non-hydrogen) atoms. The van der Waals surface area contributed by atoms with Gasteiger partial charge in [0, 0.05) is 5.69 Å². The Bertz CT molecular complexity index is 1210. The summed E-state index contributed by atoms with van der Waals surface area (Å²) >= 11 is 0. The Morgan fingerprint density at radius 2 is 1.68 bits per heavy atom. The maximum Gasteiger partial charge on any atom is 0.340 e. The molecule has 0 bridgehead atoms. The lowest BCUT2D eigenvalue weighted by Crippen LogP contribution is -2.16. The van der Waals surface area contributed by atoms with Gasteiger partial charge in [-0.1, -0.05) is 17.7 Å². The Morgan fingerprint density at radius 3 is 2.32 bits per heavy atom. The Kier molecular flexibility index (Phi) is 6.47. The van der Waals surface area contributed by atoms with Gasteiger partial charge in [-0.2, -0.15) is 0 Å². The molecular weight excluding hydrogens is 420 g/mol. The Hall–Kier alpha value is -3.56. The van der Waals surface area contributed by atoms with E-state index < -0.39 is 16.0 Å². The number of carbonyl (C=O) groups excluding carboxylic acids is 1. The van der Waals surface area contributed by atoms with Gasteiger partial charge in [0.2, 0.25) is 0 Å². The number of ether oxygens (including phenoxy) is 2. The number of esters is 1. The Morgan fingerprint density at radius 1 is 1.03 bits per heavy atom. The molecule has 162 valence electrons. The molecule has 0 radical (unpaired) electrons. The standard InChI is InChI=1S/C22H22N2O6S/c1-14-3-7-18(8-4-14)31(27,28)24-21-10-6-17(12-19(21)22(26)29-2)30-16-5-9-20(23)15(11-16)13-25/h3-12,24-25H,13,23H2,1-2H3/p+1. The van der Waals surface area contributed by atoms with Crippen LogP contribution < -0.4 is 15.2 Å². The topological polar surface area (TPSA) is 131 Å². The van der Waals surface area contributed by atoms with Gasteiger partial charge >= 0.3 is 5.97 Å². The van der Waals surface area contributed by atoms with E-state index in [0.29, 0.717) is 22.7 Å². The van der Waals surface area contributed by atoms with Crippen LogP contribution in [0, 0.1) is 6.92 Å². The lowest BCUT2D eigenvalue weighted by Gasteiger charge is -2.14. The molecule has 0 aliphatic heterocycles. The highest BCUT2D eigenvalue weighted by Gasteiger charge is 2.20. The molecule has 0 aliphatic rings. The van der Waals surface area contributed by atoms with Crippen LogP contribution in [-0.4, -0.2) is 26.6 Å². The van der Waals surface area contributed by atoms with E-state index in [1.807, 2.05) is 6.92 Å². The predicted molar refractivity (Wildman–Crippen MR) is 118 cm³/mol. The van der Waals surface area contributed by atoms with E-state index >= 15 is 0 Å². The van der Waals surface area contributed by atoms with E-state index in [4.69, 9.17) is 20.3 Å². The average molecular weight is 444 g/mol. The van der Waals surface area contributed by atoms with Crippen LogP contribution in [0.5, 0.6) is 11.5 Å². The number of hydrogen-bond acceptors (Lipinski definition) is 6. The molecule has 0 spiro atoms. The van der Waals surface area contributed by atoms with Gasteiger partial charge in [0.1, 0.15) is 11.5 Å². The number of rotatable bonds is 7. The number of nitrogen functional groups attached to an aromatic ring is 1. The van der Waals surface area contributed by atoms with Crippen LogP contribution in [0.4, 0.5) is 11.4 Å². The molecule has 0 saturated heterocycles. The van der Waals surface area contributed by atoms with Gasteiger partial charge in [-0.15, -0.1) is 0 Å². The van der Waals surface area contributed by atoms with E-state index in [0.717, 1.165) is 5.56 Å². The number of benzene rings is 3. The molecule has 0 fully saturated rings. The second-order valence-electron chi connectivity index (χ2n) is 6.76. The highest BCUT2D eigenvalue weighted by atomic mass is 32.2. The molecule has 3 aromatic rings. The molecule has 5 N–H and O–H groups in total. The smallest absolute Gasteiger partial charge is 0.340 e. The van der Waals surface area contributed by atoms with Crippen molar-refractivity contribution in [2.45, 2.75) is 18.4 Å². The van der Waals surface area contributed by atoms with Gasteiger partial charge in [0.15, 0.2) is 6.61 Å². The number of methoxy groups -OCH3 is 1. The molecule has 3 rings (SSSR count). The van der Waals surface area contributed by atoms with Crippen LogP contribution >= 0.6 is 0 Å². The van der Waals surface area contributed by atoms with E-state index in [1.54, 1.807) is 30.3 Å². The van der Waals surface area contributed by atoms with Crippen molar-refractivity contribution >= 4 is 27.4 Å². The van der Waals surface area contributed by atoms with Gasteiger partial charge in [-0.25, -0.2) is 13.2 Å². The van der Waals surface area contributed by atoms with Gasteiger partial charge in [0.05, 0.1) is 28.8 Å². The molecule has 0 aliphatic carbocycles. The predicted octanol–water partition coefficient (Wildman–Crippen LogP) is 3.18. The fourth-order valence-electron chi connectivity index (χ4n) is 2.81. The summed E-state index contributed by atoms with van der Waals surface area (Å²) in [5.74, 6) is -0.00385. The summed E-state index contributed by atoms with van der Waals surface area (Å²) < 4.78 is 38.5. The van der Waals surface area contributed by atoms with Crippen LogP contribution in [0.1, 0.15) is 21.5 Å². The zero-order valence-electron chi connectivity index (χ0n) is 17.0. The summed E-state index contributed by atoms with van der Waals surface area (Å²) in [5.41, 5.74) is 7.87. The van der Waals surface area contributed by atoms with E-state index in [2.05, 4.69) is 4.72 Å².